The van der Waals surface area contributed by atoms with Crippen LogP contribution in [0.2, 0.25) is 0 Å². The van der Waals surface area contributed by atoms with Crippen LogP contribution in [0.3, 0.4) is 0 Å². The van der Waals surface area contributed by atoms with E-state index in [1.165, 1.54) is 0 Å². The number of nitrogens with zero attached hydrogens (tertiary/aromatic N) is 4. The van der Waals surface area contributed by atoms with Crippen LogP contribution >= 0.6 is 0 Å². The Labute approximate surface area is 163 Å². The van der Waals surface area contributed by atoms with Crippen molar-refractivity contribution in [3.05, 3.63) is 75.9 Å². The number of rotatable bonds is 13. The van der Waals surface area contributed by atoms with Gasteiger partial charge in [0.2, 0.25) is 17.7 Å². The van der Waals surface area contributed by atoms with Gasteiger partial charge in [0.1, 0.15) is 0 Å². The Morgan fingerprint density at radius 3 is 1.52 bits per heavy atom. The minimum absolute atomic E-state index is 0.529. The van der Waals surface area contributed by atoms with E-state index < -0.39 is 5.79 Å². The molecule has 146 valence electrons. The first kappa shape index (κ1) is 22.2. The van der Waals surface area contributed by atoms with Gasteiger partial charge in [-0.15, -0.1) is 39.5 Å². The molecule has 1 rings (SSSR count). The Bertz CT molecular complexity index is 556. The zero-order valence-corrected chi connectivity index (χ0v) is 16.2. The van der Waals surface area contributed by atoms with Gasteiger partial charge in [0.25, 0.3) is 0 Å². The molecule has 6 nitrogen and oxygen atoms in total. The number of aliphatic imine (C=N–C) groups is 2. The van der Waals surface area contributed by atoms with Crippen molar-refractivity contribution in [2.24, 2.45) is 9.98 Å². The second kappa shape index (κ2) is 11.7. The first-order chi connectivity index (χ1) is 13.1. The number of hydrogen-bond acceptors (Lipinski definition) is 6. The third-order valence-electron chi connectivity index (χ3n) is 3.76. The molecule has 0 radical (unpaired) electrons. The Morgan fingerprint density at radius 1 is 0.741 bits per heavy atom. The van der Waals surface area contributed by atoms with Crippen LogP contribution in [0.1, 0.15) is 6.42 Å². The van der Waals surface area contributed by atoms with E-state index in [2.05, 4.69) is 50.1 Å². The van der Waals surface area contributed by atoms with Gasteiger partial charge in [-0.05, 0) is 0 Å². The lowest BCUT2D eigenvalue weighted by Crippen LogP contribution is -2.58. The molecule has 0 aromatic carbocycles. The molecule has 0 amide bonds. The lowest BCUT2D eigenvalue weighted by molar-refractivity contribution is 0.339. The Morgan fingerprint density at radius 2 is 1.19 bits per heavy atom. The Balaban J connectivity index is 3.41. The number of hydrogen-bond donors (Lipinski definition) is 2. The molecule has 1 aliphatic heterocycles. The van der Waals surface area contributed by atoms with E-state index in [0.717, 1.165) is 0 Å². The molecule has 0 saturated heterocycles. The monoisotopic (exact) mass is 368 g/mol. The molecule has 0 aromatic rings. The summed E-state index contributed by atoms with van der Waals surface area (Å²) < 4.78 is 0. The maximum Gasteiger partial charge on any atom is 0.215 e. The fourth-order valence-corrected chi connectivity index (χ4v) is 2.63. The van der Waals surface area contributed by atoms with Crippen LogP contribution in [0.5, 0.6) is 0 Å². The Kier molecular flexibility index (Phi) is 9.61. The predicted octanol–water partition coefficient (Wildman–Crippen LogP) is 2.66. The molecular weight excluding hydrogens is 336 g/mol. The average molecular weight is 369 g/mol. The van der Waals surface area contributed by atoms with E-state index >= 15 is 0 Å². The molecule has 0 fully saturated rings. The average Bonchev–Trinajstić information content (AvgIpc) is 2.66. The van der Waals surface area contributed by atoms with Crippen molar-refractivity contribution in [2.45, 2.75) is 12.2 Å². The van der Waals surface area contributed by atoms with Gasteiger partial charge in [-0.3, -0.25) is 10.6 Å². The minimum atomic E-state index is -0.868. The zero-order chi connectivity index (χ0) is 20.1. The van der Waals surface area contributed by atoms with E-state index in [9.17, 15) is 0 Å². The van der Waals surface area contributed by atoms with Gasteiger partial charge in [0, 0.05) is 39.1 Å². The third-order valence-corrected chi connectivity index (χ3v) is 3.76. The molecule has 0 aliphatic carbocycles. The summed E-state index contributed by atoms with van der Waals surface area (Å²) in [5.41, 5.74) is 0. The molecule has 2 N–H and O–H groups in total. The maximum absolute atomic E-state index is 4.87. The van der Waals surface area contributed by atoms with Crippen molar-refractivity contribution in [1.82, 2.24) is 20.4 Å². The molecule has 0 atom stereocenters. The standard InChI is InChI=1S/C21H32N6/c1-7-13-21(22-14-8-2)24-19(26(15-9-3)16-10-4)23-20(25-21)27(17-11-5)18-12-6/h7-12,22H,1-6,13-18H2,(H,23,24,25). The van der Waals surface area contributed by atoms with Crippen molar-refractivity contribution in [1.29, 1.82) is 0 Å². The van der Waals surface area contributed by atoms with Gasteiger partial charge >= 0.3 is 0 Å². The van der Waals surface area contributed by atoms with Crippen molar-refractivity contribution in [3.8, 4) is 0 Å². The maximum atomic E-state index is 4.87. The summed E-state index contributed by atoms with van der Waals surface area (Å²) >= 11 is 0. The lowest BCUT2D eigenvalue weighted by Gasteiger charge is -2.38. The Hall–Kier alpha value is -2.86. The molecular formula is C21H32N6. The van der Waals surface area contributed by atoms with Crippen molar-refractivity contribution < 1.29 is 0 Å². The quantitative estimate of drug-likeness (QED) is 0.491. The van der Waals surface area contributed by atoms with E-state index in [0.29, 0.717) is 51.1 Å². The molecule has 1 heterocycles. The van der Waals surface area contributed by atoms with Gasteiger partial charge < -0.3 is 9.80 Å². The van der Waals surface area contributed by atoms with Crippen LogP contribution in [0, 0.1) is 0 Å². The SMILES string of the molecule is C=CCNC1(CC=C)N=C(N(CC=C)CC=C)NC(N(CC=C)CC=C)=N1. The largest absolute Gasteiger partial charge is 0.335 e. The zero-order valence-electron chi connectivity index (χ0n) is 16.2. The van der Waals surface area contributed by atoms with E-state index in [1.807, 2.05) is 34.1 Å². The second-order valence-corrected chi connectivity index (χ2v) is 5.94. The van der Waals surface area contributed by atoms with E-state index in [-0.39, 0.29) is 0 Å². The topological polar surface area (TPSA) is 55.3 Å². The summed E-state index contributed by atoms with van der Waals surface area (Å²) in [6.07, 6.45) is 11.4. The minimum Gasteiger partial charge on any atom is -0.335 e. The second-order valence-electron chi connectivity index (χ2n) is 5.94. The first-order valence-corrected chi connectivity index (χ1v) is 8.96. The van der Waals surface area contributed by atoms with Crippen molar-refractivity contribution >= 4 is 11.9 Å². The number of guanidine groups is 2. The van der Waals surface area contributed by atoms with Crippen LogP contribution < -0.4 is 10.6 Å². The molecule has 1 aliphatic rings. The highest BCUT2D eigenvalue weighted by molar-refractivity contribution is 6.00. The highest BCUT2D eigenvalue weighted by atomic mass is 15.5. The van der Waals surface area contributed by atoms with Gasteiger partial charge in [-0.1, -0.05) is 36.5 Å². The smallest absolute Gasteiger partial charge is 0.215 e. The highest BCUT2D eigenvalue weighted by Crippen LogP contribution is 2.20. The summed E-state index contributed by atoms with van der Waals surface area (Å²) in [6, 6.07) is 0. The predicted molar refractivity (Wildman–Crippen MR) is 118 cm³/mol. The lowest BCUT2D eigenvalue weighted by atomic mass is 10.2. The van der Waals surface area contributed by atoms with Crippen LogP contribution in [-0.4, -0.2) is 60.2 Å². The molecule has 27 heavy (non-hydrogen) atoms. The van der Waals surface area contributed by atoms with Gasteiger partial charge in [-0.25, -0.2) is 9.98 Å². The molecule has 0 spiro atoms. The fourth-order valence-electron chi connectivity index (χ4n) is 2.63. The molecule has 0 saturated carbocycles. The van der Waals surface area contributed by atoms with Crippen LogP contribution in [0.15, 0.2) is 85.9 Å². The normalized spacial score (nSPS) is 14.7. The fraction of sp³-hybridized carbons (Fsp3) is 0.333. The third kappa shape index (κ3) is 6.42. The van der Waals surface area contributed by atoms with Crippen molar-refractivity contribution in [2.75, 3.05) is 32.7 Å². The van der Waals surface area contributed by atoms with Crippen LogP contribution in [-0.2, 0) is 0 Å². The van der Waals surface area contributed by atoms with Gasteiger partial charge in [0.15, 0.2) is 0 Å². The first-order valence-electron chi connectivity index (χ1n) is 8.96. The molecule has 0 unspecified atom stereocenters. The number of nitrogens with one attached hydrogen (secondary N) is 2. The van der Waals surface area contributed by atoms with Gasteiger partial charge in [-0.2, -0.15) is 0 Å². The summed E-state index contributed by atoms with van der Waals surface area (Å²) in [7, 11) is 0. The summed E-state index contributed by atoms with van der Waals surface area (Å²) in [5.74, 6) is 0.514. The van der Waals surface area contributed by atoms with E-state index in [4.69, 9.17) is 9.98 Å². The molecule has 6 heteroatoms. The van der Waals surface area contributed by atoms with Crippen LogP contribution in [0.4, 0.5) is 0 Å². The van der Waals surface area contributed by atoms with E-state index in [1.54, 1.807) is 12.2 Å². The van der Waals surface area contributed by atoms with Crippen molar-refractivity contribution in [3.63, 3.8) is 0 Å². The summed E-state index contributed by atoms with van der Waals surface area (Å²) in [5, 5.41) is 6.71. The molecule has 0 aromatic heterocycles. The van der Waals surface area contributed by atoms with Gasteiger partial charge in [0.05, 0.1) is 0 Å². The summed E-state index contributed by atoms with van der Waals surface area (Å²) in [4.78, 5) is 13.8. The highest BCUT2D eigenvalue weighted by Gasteiger charge is 2.34. The summed E-state index contributed by atoms with van der Waals surface area (Å²) in [6.45, 7) is 26.1. The van der Waals surface area contributed by atoms with Crippen LogP contribution in [0.25, 0.3) is 0 Å². The molecule has 0 bridgehead atoms.